The number of rotatable bonds is 3. The number of aldehydes is 1. The van der Waals surface area contributed by atoms with Crippen LogP contribution in [0.25, 0.3) is 0 Å². The predicted molar refractivity (Wildman–Crippen MR) is 47.7 cm³/mol. The molecule has 92 valence electrons. The lowest BCUT2D eigenvalue weighted by atomic mass is 10.2. The summed E-state index contributed by atoms with van der Waals surface area (Å²) in [6, 6.07) is 0.677. The number of ether oxygens (including phenoxy) is 1. The van der Waals surface area contributed by atoms with Gasteiger partial charge in [-0.2, -0.15) is 0 Å². The number of nitro groups is 1. The summed E-state index contributed by atoms with van der Waals surface area (Å²) < 4.78 is 39.3. The Hall–Kier alpha value is -2.19. The molecule has 0 saturated heterocycles. The van der Waals surface area contributed by atoms with E-state index in [-0.39, 0.29) is 12.0 Å². The highest BCUT2D eigenvalue weighted by Gasteiger charge is 2.33. The summed E-state index contributed by atoms with van der Waals surface area (Å²) in [6.45, 7) is 1.13. The van der Waals surface area contributed by atoms with Gasteiger partial charge in [0.05, 0.1) is 10.5 Å². The quantitative estimate of drug-likeness (QED) is 0.465. The first kappa shape index (κ1) is 12.9. The second-order valence-corrected chi connectivity index (χ2v) is 2.91. The molecule has 1 rings (SSSR count). The zero-order valence-electron chi connectivity index (χ0n) is 8.32. The van der Waals surface area contributed by atoms with Crippen LogP contribution in [0, 0.1) is 17.0 Å². The zero-order chi connectivity index (χ0) is 13.2. The van der Waals surface area contributed by atoms with Crippen molar-refractivity contribution in [2.45, 2.75) is 13.3 Å². The number of carbonyl (C=O) groups excluding carboxylic acids is 1. The minimum absolute atomic E-state index is 0.000509. The Bertz CT molecular complexity index is 473. The van der Waals surface area contributed by atoms with Crippen LogP contribution in [-0.2, 0) is 0 Å². The predicted octanol–water partition coefficient (Wildman–Crippen LogP) is 2.01. The van der Waals surface area contributed by atoms with E-state index in [4.69, 9.17) is 0 Å². The maximum absolute atomic E-state index is 11.9. The minimum Gasteiger partial charge on any atom is -0.387 e. The van der Waals surface area contributed by atoms with Crippen molar-refractivity contribution in [2.24, 2.45) is 0 Å². The molecule has 0 bridgehead atoms. The van der Waals surface area contributed by atoms with Gasteiger partial charge in [-0.15, -0.1) is 13.2 Å². The van der Waals surface area contributed by atoms with Crippen LogP contribution in [0.2, 0.25) is 0 Å². The highest BCUT2D eigenvalue weighted by molar-refractivity contribution is 5.79. The van der Waals surface area contributed by atoms with Crippen molar-refractivity contribution >= 4 is 12.0 Å². The Balaban J connectivity index is 3.28. The van der Waals surface area contributed by atoms with E-state index in [1.54, 1.807) is 0 Å². The van der Waals surface area contributed by atoms with Crippen LogP contribution in [0.5, 0.6) is 5.88 Å². The van der Waals surface area contributed by atoms with Crippen LogP contribution in [0.4, 0.5) is 18.9 Å². The lowest BCUT2D eigenvalue weighted by Crippen LogP contribution is -2.19. The largest absolute Gasteiger partial charge is 0.574 e. The van der Waals surface area contributed by atoms with Crippen LogP contribution in [-0.4, -0.2) is 22.6 Å². The van der Waals surface area contributed by atoms with Crippen molar-refractivity contribution in [1.29, 1.82) is 0 Å². The molecule has 0 saturated carbocycles. The first-order valence-corrected chi connectivity index (χ1v) is 4.11. The third kappa shape index (κ3) is 3.13. The topological polar surface area (TPSA) is 82.3 Å². The molecule has 6 nitrogen and oxygen atoms in total. The molecule has 17 heavy (non-hydrogen) atoms. The van der Waals surface area contributed by atoms with Crippen molar-refractivity contribution in [1.82, 2.24) is 4.98 Å². The van der Waals surface area contributed by atoms with Gasteiger partial charge in [-0.3, -0.25) is 14.9 Å². The van der Waals surface area contributed by atoms with E-state index in [1.165, 1.54) is 0 Å². The van der Waals surface area contributed by atoms with Gasteiger partial charge in [0.25, 0.3) is 5.69 Å². The third-order valence-corrected chi connectivity index (χ3v) is 1.72. The molecule has 0 atom stereocenters. The SMILES string of the molecule is Cc1nc(OC(F)(F)F)c(C=O)cc1[N+](=O)[O-]. The Morgan fingerprint density at radius 1 is 1.53 bits per heavy atom. The molecule has 0 aliphatic rings. The summed E-state index contributed by atoms with van der Waals surface area (Å²) in [6.07, 6.45) is -5.02. The van der Waals surface area contributed by atoms with E-state index in [9.17, 15) is 28.1 Å². The molecule has 0 fully saturated rings. The number of hydrogen-bond donors (Lipinski definition) is 0. The van der Waals surface area contributed by atoms with Gasteiger partial charge >= 0.3 is 6.36 Å². The molecular weight excluding hydrogens is 245 g/mol. The summed E-state index contributed by atoms with van der Waals surface area (Å²) in [5, 5.41) is 10.5. The fraction of sp³-hybridized carbons (Fsp3) is 0.250. The van der Waals surface area contributed by atoms with E-state index in [0.717, 1.165) is 6.92 Å². The Kier molecular flexibility index (Phi) is 3.30. The number of hydrogen-bond acceptors (Lipinski definition) is 5. The minimum atomic E-state index is -5.02. The van der Waals surface area contributed by atoms with E-state index in [1.807, 2.05) is 0 Å². The van der Waals surface area contributed by atoms with E-state index in [2.05, 4.69) is 9.72 Å². The van der Waals surface area contributed by atoms with E-state index < -0.39 is 28.4 Å². The number of nitrogens with zero attached hydrogens (tertiary/aromatic N) is 2. The average molecular weight is 250 g/mol. The van der Waals surface area contributed by atoms with Crippen LogP contribution in [0.15, 0.2) is 6.07 Å². The molecule has 0 N–H and O–H groups in total. The molecule has 9 heteroatoms. The first-order chi connectivity index (χ1) is 7.74. The second kappa shape index (κ2) is 4.36. The number of aryl methyl sites for hydroxylation is 1. The molecule has 0 radical (unpaired) electrons. The van der Waals surface area contributed by atoms with Crippen molar-refractivity contribution < 1.29 is 27.6 Å². The first-order valence-electron chi connectivity index (χ1n) is 4.11. The average Bonchev–Trinajstić information content (AvgIpc) is 2.14. The summed E-state index contributed by atoms with van der Waals surface area (Å²) in [5.74, 6) is -1.00. The van der Waals surface area contributed by atoms with Gasteiger partial charge in [-0.05, 0) is 6.92 Å². The zero-order valence-corrected chi connectivity index (χ0v) is 8.32. The molecule has 0 aromatic carbocycles. The molecule has 0 unspecified atom stereocenters. The number of pyridine rings is 1. The Labute approximate surface area is 92.2 Å². The van der Waals surface area contributed by atoms with Crippen molar-refractivity contribution in [3.63, 3.8) is 0 Å². The molecule has 0 spiro atoms. The smallest absolute Gasteiger partial charge is 0.387 e. The maximum atomic E-state index is 11.9. The number of alkyl halides is 3. The molecule has 0 aliphatic carbocycles. The van der Waals surface area contributed by atoms with Gasteiger partial charge in [-0.1, -0.05) is 0 Å². The summed E-state index contributed by atoms with van der Waals surface area (Å²) in [5.41, 5.74) is -1.47. The van der Waals surface area contributed by atoms with Gasteiger partial charge in [-0.25, -0.2) is 4.98 Å². The van der Waals surface area contributed by atoms with Gasteiger partial charge < -0.3 is 4.74 Å². The molecule has 1 heterocycles. The Morgan fingerprint density at radius 2 is 2.12 bits per heavy atom. The van der Waals surface area contributed by atoms with Crippen molar-refractivity contribution in [2.75, 3.05) is 0 Å². The van der Waals surface area contributed by atoms with Gasteiger partial charge in [0.1, 0.15) is 5.69 Å². The maximum Gasteiger partial charge on any atom is 0.574 e. The normalized spacial score (nSPS) is 11.1. The van der Waals surface area contributed by atoms with Crippen molar-refractivity contribution in [3.8, 4) is 5.88 Å². The Morgan fingerprint density at radius 3 is 2.53 bits per heavy atom. The monoisotopic (exact) mass is 250 g/mol. The lowest BCUT2D eigenvalue weighted by Gasteiger charge is -2.10. The highest BCUT2D eigenvalue weighted by Crippen LogP contribution is 2.28. The second-order valence-electron chi connectivity index (χ2n) is 2.91. The van der Waals surface area contributed by atoms with Crippen LogP contribution >= 0.6 is 0 Å². The van der Waals surface area contributed by atoms with E-state index in [0.29, 0.717) is 6.07 Å². The molecule has 1 aromatic heterocycles. The van der Waals surface area contributed by atoms with Crippen LogP contribution < -0.4 is 4.74 Å². The summed E-state index contributed by atoms with van der Waals surface area (Å²) in [4.78, 5) is 23.3. The fourth-order valence-corrected chi connectivity index (χ4v) is 1.05. The van der Waals surface area contributed by atoms with Crippen molar-refractivity contribution in [3.05, 3.63) is 27.4 Å². The molecular formula is C8H5F3N2O4. The number of carbonyl (C=O) groups is 1. The number of halogens is 3. The fourth-order valence-electron chi connectivity index (χ4n) is 1.05. The van der Waals surface area contributed by atoms with Gasteiger partial charge in [0.15, 0.2) is 6.29 Å². The van der Waals surface area contributed by atoms with E-state index >= 15 is 0 Å². The van der Waals surface area contributed by atoms with Gasteiger partial charge in [0, 0.05) is 6.07 Å². The molecule has 1 aromatic rings. The third-order valence-electron chi connectivity index (χ3n) is 1.72. The molecule has 0 aliphatic heterocycles. The summed E-state index contributed by atoms with van der Waals surface area (Å²) >= 11 is 0. The van der Waals surface area contributed by atoms with Crippen LogP contribution in [0.1, 0.15) is 16.1 Å². The van der Waals surface area contributed by atoms with Gasteiger partial charge in [0.2, 0.25) is 5.88 Å². The lowest BCUT2D eigenvalue weighted by molar-refractivity contribution is -0.385. The number of aromatic nitrogens is 1. The standard InChI is InChI=1S/C8H5F3N2O4/c1-4-6(13(15)16)2-5(3-14)7(12-4)17-8(9,10)11/h2-3H,1H3. The summed E-state index contributed by atoms with van der Waals surface area (Å²) in [7, 11) is 0. The molecule has 0 amide bonds. The highest BCUT2D eigenvalue weighted by atomic mass is 19.4. The van der Waals surface area contributed by atoms with Crippen LogP contribution in [0.3, 0.4) is 0 Å².